The van der Waals surface area contributed by atoms with Gasteiger partial charge in [-0.25, -0.2) is 4.98 Å². The van der Waals surface area contributed by atoms with E-state index in [1.807, 2.05) is 0 Å². The van der Waals surface area contributed by atoms with Crippen molar-refractivity contribution < 1.29 is 0 Å². The maximum absolute atomic E-state index is 4.53. The first kappa shape index (κ1) is 8.97. The van der Waals surface area contributed by atoms with Crippen molar-refractivity contribution in [2.45, 2.75) is 19.9 Å². The Kier molecular flexibility index (Phi) is 2.26. The topological polar surface area (TPSA) is 28.2 Å². The molecule has 2 rings (SSSR count). The molecule has 2 heterocycles. The Morgan fingerprint density at radius 1 is 1.46 bits per heavy atom. The van der Waals surface area contributed by atoms with E-state index in [0.29, 0.717) is 6.04 Å². The zero-order chi connectivity index (χ0) is 9.42. The summed E-state index contributed by atoms with van der Waals surface area (Å²) < 4.78 is 0. The molecule has 1 fully saturated rings. The molecule has 1 aromatic heterocycles. The van der Waals surface area contributed by atoms with Crippen LogP contribution in [-0.2, 0) is 0 Å². The monoisotopic (exact) mass is 197 g/mol. The second-order valence-electron chi connectivity index (χ2n) is 3.56. The summed E-state index contributed by atoms with van der Waals surface area (Å²) in [7, 11) is 2.13. The normalized spacial score (nSPS) is 17.2. The minimum atomic E-state index is 0.643. The third-order valence-corrected chi connectivity index (χ3v) is 3.79. The van der Waals surface area contributed by atoms with Crippen molar-refractivity contribution in [3.8, 4) is 0 Å². The Morgan fingerprint density at radius 3 is 2.54 bits per heavy atom. The van der Waals surface area contributed by atoms with Gasteiger partial charge in [0.05, 0.1) is 11.7 Å². The SMILES string of the molecule is Cc1nc(N(C)C2CNC2)sc1C. The molecule has 1 aromatic rings. The zero-order valence-electron chi connectivity index (χ0n) is 8.29. The molecule has 0 atom stereocenters. The molecule has 0 bridgehead atoms. The maximum atomic E-state index is 4.53. The predicted octanol–water partition coefficient (Wildman–Crippen LogP) is 1.17. The summed E-state index contributed by atoms with van der Waals surface area (Å²) in [6.45, 7) is 6.38. The summed E-state index contributed by atoms with van der Waals surface area (Å²) in [5.41, 5.74) is 1.17. The van der Waals surface area contributed by atoms with Gasteiger partial charge in [0.15, 0.2) is 5.13 Å². The molecule has 0 amide bonds. The summed E-state index contributed by atoms with van der Waals surface area (Å²) in [6.07, 6.45) is 0. The van der Waals surface area contributed by atoms with E-state index >= 15 is 0 Å². The highest BCUT2D eigenvalue weighted by Gasteiger charge is 2.23. The van der Waals surface area contributed by atoms with Crippen molar-refractivity contribution in [2.75, 3.05) is 25.0 Å². The molecule has 0 radical (unpaired) electrons. The number of hydrogen-bond acceptors (Lipinski definition) is 4. The lowest BCUT2D eigenvalue weighted by Crippen LogP contribution is -2.56. The number of likely N-dealkylation sites (N-methyl/N-ethyl adjacent to an activating group) is 1. The quantitative estimate of drug-likeness (QED) is 0.771. The number of nitrogens with one attached hydrogen (secondary N) is 1. The van der Waals surface area contributed by atoms with Crippen LogP contribution >= 0.6 is 11.3 Å². The van der Waals surface area contributed by atoms with Crippen LogP contribution in [0.5, 0.6) is 0 Å². The average Bonchev–Trinajstić information content (AvgIpc) is 2.28. The maximum Gasteiger partial charge on any atom is 0.185 e. The standard InChI is InChI=1S/C9H15N3S/c1-6-7(2)13-9(11-6)12(3)8-4-10-5-8/h8,10H,4-5H2,1-3H3. The Hall–Kier alpha value is -0.610. The van der Waals surface area contributed by atoms with Gasteiger partial charge in [-0.3, -0.25) is 0 Å². The van der Waals surface area contributed by atoms with Crippen molar-refractivity contribution >= 4 is 16.5 Å². The van der Waals surface area contributed by atoms with Gasteiger partial charge in [0.25, 0.3) is 0 Å². The third-order valence-electron chi connectivity index (χ3n) is 2.63. The van der Waals surface area contributed by atoms with Gasteiger partial charge < -0.3 is 10.2 Å². The number of aryl methyl sites for hydroxylation is 2. The summed E-state index contributed by atoms with van der Waals surface area (Å²) in [4.78, 5) is 8.14. The van der Waals surface area contributed by atoms with E-state index in [-0.39, 0.29) is 0 Å². The minimum Gasteiger partial charge on any atom is -0.346 e. The van der Waals surface area contributed by atoms with Crippen LogP contribution < -0.4 is 10.2 Å². The van der Waals surface area contributed by atoms with Crippen molar-refractivity contribution in [3.63, 3.8) is 0 Å². The molecule has 13 heavy (non-hydrogen) atoms. The molecule has 72 valence electrons. The fourth-order valence-electron chi connectivity index (χ4n) is 1.31. The van der Waals surface area contributed by atoms with Crippen LogP contribution in [0.2, 0.25) is 0 Å². The predicted molar refractivity (Wildman–Crippen MR) is 56.6 cm³/mol. The fourth-order valence-corrected chi connectivity index (χ4v) is 2.25. The highest BCUT2D eigenvalue weighted by molar-refractivity contribution is 7.15. The lowest BCUT2D eigenvalue weighted by Gasteiger charge is -2.35. The van der Waals surface area contributed by atoms with Gasteiger partial charge in [0.1, 0.15) is 0 Å². The average molecular weight is 197 g/mol. The van der Waals surface area contributed by atoms with Crippen molar-refractivity contribution in [1.29, 1.82) is 0 Å². The van der Waals surface area contributed by atoms with Crippen LogP contribution in [0.25, 0.3) is 0 Å². The summed E-state index contributed by atoms with van der Waals surface area (Å²) >= 11 is 1.79. The van der Waals surface area contributed by atoms with Crippen molar-refractivity contribution in [2.24, 2.45) is 0 Å². The van der Waals surface area contributed by atoms with E-state index in [1.54, 1.807) is 11.3 Å². The number of thiazole rings is 1. The Bertz CT molecular complexity index is 284. The summed E-state index contributed by atoms with van der Waals surface area (Å²) in [6, 6.07) is 0.643. The highest BCUT2D eigenvalue weighted by atomic mass is 32.1. The van der Waals surface area contributed by atoms with Crippen LogP contribution in [0.3, 0.4) is 0 Å². The van der Waals surface area contributed by atoms with Gasteiger partial charge >= 0.3 is 0 Å². The highest BCUT2D eigenvalue weighted by Crippen LogP contribution is 2.26. The molecule has 3 nitrogen and oxygen atoms in total. The van der Waals surface area contributed by atoms with Crippen LogP contribution in [0, 0.1) is 13.8 Å². The molecule has 0 unspecified atom stereocenters. The van der Waals surface area contributed by atoms with E-state index < -0.39 is 0 Å². The Labute approximate surface area is 82.8 Å². The third kappa shape index (κ3) is 1.56. The van der Waals surface area contributed by atoms with Crippen molar-refractivity contribution in [3.05, 3.63) is 10.6 Å². The molecular formula is C9H15N3S. The first-order chi connectivity index (χ1) is 6.18. The number of hydrogen-bond donors (Lipinski definition) is 1. The van der Waals surface area contributed by atoms with Crippen LogP contribution in [0.4, 0.5) is 5.13 Å². The second kappa shape index (κ2) is 3.27. The van der Waals surface area contributed by atoms with E-state index in [1.165, 1.54) is 10.6 Å². The zero-order valence-corrected chi connectivity index (χ0v) is 9.11. The molecule has 1 aliphatic heterocycles. The molecule has 1 aliphatic rings. The molecule has 0 spiro atoms. The molecule has 0 saturated carbocycles. The molecule has 1 saturated heterocycles. The van der Waals surface area contributed by atoms with Crippen LogP contribution in [-0.4, -0.2) is 31.2 Å². The number of aromatic nitrogens is 1. The molecule has 0 aliphatic carbocycles. The molecule has 0 aromatic carbocycles. The summed E-state index contributed by atoms with van der Waals surface area (Å²) in [5, 5.41) is 4.42. The number of nitrogens with zero attached hydrogens (tertiary/aromatic N) is 2. The largest absolute Gasteiger partial charge is 0.346 e. The molecule has 1 N–H and O–H groups in total. The van der Waals surface area contributed by atoms with Gasteiger partial charge in [-0.15, -0.1) is 11.3 Å². The van der Waals surface area contributed by atoms with E-state index in [9.17, 15) is 0 Å². The lowest BCUT2D eigenvalue weighted by molar-refractivity contribution is 0.428. The molecule has 4 heteroatoms. The fraction of sp³-hybridized carbons (Fsp3) is 0.667. The minimum absolute atomic E-state index is 0.643. The summed E-state index contributed by atoms with van der Waals surface area (Å²) in [5.74, 6) is 0. The van der Waals surface area contributed by atoms with E-state index in [2.05, 4.69) is 36.1 Å². The van der Waals surface area contributed by atoms with Gasteiger partial charge in [0.2, 0.25) is 0 Å². The Balaban J connectivity index is 2.14. The number of rotatable bonds is 2. The number of anilines is 1. The van der Waals surface area contributed by atoms with Gasteiger partial charge in [-0.2, -0.15) is 0 Å². The smallest absolute Gasteiger partial charge is 0.185 e. The first-order valence-electron chi connectivity index (χ1n) is 4.56. The Morgan fingerprint density at radius 2 is 2.15 bits per heavy atom. The van der Waals surface area contributed by atoms with E-state index in [4.69, 9.17) is 0 Å². The van der Waals surface area contributed by atoms with Crippen LogP contribution in [0.1, 0.15) is 10.6 Å². The molecular weight excluding hydrogens is 182 g/mol. The van der Waals surface area contributed by atoms with Crippen molar-refractivity contribution in [1.82, 2.24) is 10.3 Å². The lowest BCUT2D eigenvalue weighted by atomic mass is 10.2. The van der Waals surface area contributed by atoms with Gasteiger partial charge in [0, 0.05) is 25.0 Å². The van der Waals surface area contributed by atoms with Crippen LogP contribution in [0.15, 0.2) is 0 Å². The van der Waals surface area contributed by atoms with E-state index in [0.717, 1.165) is 18.2 Å². The van der Waals surface area contributed by atoms with Gasteiger partial charge in [-0.05, 0) is 13.8 Å². The first-order valence-corrected chi connectivity index (χ1v) is 5.37. The van der Waals surface area contributed by atoms with Gasteiger partial charge in [-0.1, -0.05) is 0 Å². The second-order valence-corrected chi connectivity index (χ2v) is 4.74.